The number of hydrogen-bond donors (Lipinski definition) is 1. The summed E-state index contributed by atoms with van der Waals surface area (Å²) in [6, 6.07) is 4.29. The molecule has 24 heavy (non-hydrogen) atoms. The van der Waals surface area contributed by atoms with Crippen LogP contribution in [-0.2, 0) is 4.74 Å². The molecule has 0 saturated carbocycles. The SMILES string of the molecule is CCOC(=O)NC1CCCN(C(=O)c2ccc(C)c([N+](=O)[O-])c2)C1. The summed E-state index contributed by atoms with van der Waals surface area (Å²) in [5, 5.41) is 13.8. The summed E-state index contributed by atoms with van der Waals surface area (Å²) >= 11 is 0. The molecule has 1 unspecified atom stereocenters. The first-order chi connectivity index (χ1) is 11.4. The Morgan fingerprint density at radius 3 is 2.88 bits per heavy atom. The van der Waals surface area contributed by atoms with Crippen molar-refractivity contribution in [2.75, 3.05) is 19.7 Å². The van der Waals surface area contributed by atoms with Crippen LogP contribution in [0.4, 0.5) is 10.5 Å². The number of carbonyl (C=O) groups is 2. The van der Waals surface area contributed by atoms with Crippen LogP contribution in [0.5, 0.6) is 0 Å². The lowest BCUT2D eigenvalue weighted by atomic mass is 10.0. The predicted molar refractivity (Wildman–Crippen MR) is 86.9 cm³/mol. The average Bonchev–Trinajstić information content (AvgIpc) is 2.54. The zero-order chi connectivity index (χ0) is 17.7. The van der Waals surface area contributed by atoms with Gasteiger partial charge in [-0.2, -0.15) is 0 Å². The Morgan fingerprint density at radius 2 is 2.21 bits per heavy atom. The first-order valence-corrected chi connectivity index (χ1v) is 7.90. The Labute approximate surface area is 139 Å². The number of nitrogens with zero attached hydrogens (tertiary/aromatic N) is 2. The Balaban J connectivity index is 2.08. The number of alkyl carbamates (subject to hydrolysis) is 1. The summed E-state index contributed by atoms with van der Waals surface area (Å²) in [7, 11) is 0. The number of aryl methyl sites for hydroxylation is 1. The number of carbonyl (C=O) groups excluding carboxylic acids is 2. The topological polar surface area (TPSA) is 102 Å². The van der Waals surface area contributed by atoms with Crippen LogP contribution in [0.2, 0.25) is 0 Å². The van der Waals surface area contributed by atoms with E-state index in [0.29, 0.717) is 18.7 Å². The molecule has 1 fully saturated rings. The number of likely N-dealkylation sites (tertiary alicyclic amines) is 1. The third-order valence-electron chi connectivity index (χ3n) is 3.96. The minimum absolute atomic E-state index is 0.0703. The molecule has 0 radical (unpaired) electrons. The van der Waals surface area contributed by atoms with E-state index in [1.165, 1.54) is 6.07 Å². The summed E-state index contributed by atoms with van der Waals surface area (Å²) in [6.45, 7) is 4.56. The lowest BCUT2D eigenvalue weighted by molar-refractivity contribution is -0.385. The Bertz CT molecular complexity index is 647. The lowest BCUT2D eigenvalue weighted by Crippen LogP contribution is -2.49. The van der Waals surface area contributed by atoms with Crippen LogP contribution < -0.4 is 5.32 Å². The number of nitro benzene ring substituents is 1. The van der Waals surface area contributed by atoms with Gasteiger partial charge in [0.1, 0.15) is 0 Å². The fraction of sp³-hybridized carbons (Fsp3) is 0.500. The second-order valence-corrected chi connectivity index (χ2v) is 5.71. The van der Waals surface area contributed by atoms with Gasteiger partial charge in [0.15, 0.2) is 0 Å². The maximum atomic E-state index is 12.6. The maximum absolute atomic E-state index is 12.6. The Kier molecular flexibility index (Phi) is 5.73. The zero-order valence-electron chi connectivity index (χ0n) is 13.8. The van der Waals surface area contributed by atoms with Gasteiger partial charge in [0, 0.05) is 36.3 Å². The number of benzene rings is 1. The van der Waals surface area contributed by atoms with Gasteiger partial charge < -0.3 is 15.0 Å². The normalized spacial score (nSPS) is 17.2. The minimum atomic E-state index is -0.497. The third kappa shape index (κ3) is 4.21. The van der Waals surface area contributed by atoms with Gasteiger partial charge in [-0.25, -0.2) is 4.79 Å². The molecule has 8 heteroatoms. The highest BCUT2D eigenvalue weighted by Gasteiger charge is 2.27. The predicted octanol–water partition coefficient (Wildman–Crippen LogP) is 2.25. The molecular weight excluding hydrogens is 314 g/mol. The van der Waals surface area contributed by atoms with Crippen LogP contribution >= 0.6 is 0 Å². The summed E-state index contributed by atoms with van der Waals surface area (Å²) < 4.78 is 4.85. The average molecular weight is 335 g/mol. The highest BCUT2D eigenvalue weighted by Crippen LogP contribution is 2.21. The molecule has 1 atom stereocenters. The van der Waals surface area contributed by atoms with Crippen molar-refractivity contribution >= 4 is 17.7 Å². The molecule has 2 rings (SSSR count). The van der Waals surface area contributed by atoms with Gasteiger partial charge in [-0.1, -0.05) is 6.07 Å². The van der Waals surface area contributed by atoms with Crippen LogP contribution in [0.3, 0.4) is 0 Å². The molecule has 1 saturated heterocycles. The van der Waals surface area contributed by atoms with E-state index in [2.05, 4.69) is 5.32 Å². The van der Waals surface area contributed by atoms with E-state index >= 15 is 0 Å². The number of hydrogen-bond acceptors (Lipinski definition) is 5. The summed E-state index contributed by atoms with van der Waals surface area (Å²) in [5.74, 6) is -0.270. The molecule has 8 nitrogen and oxygen atoms in total. The van der Waals surface area contributed by atoms with Gasteiger partial charge in [-0.15, -0.1) is 0 Å². The van der Waals surface area contributed by atoms with Gasteiger partial charge in [0.25, 0.3) is 11.6 Å². The Morgan fingerprint density at radius 1 is 1.46 bits per heavy atom. The second kappa shape index (κ2) is 7.76. The summed E-state index contributed by atoms with van der Waals surface area (Å²) in [4.78, 5) is 36.2. The lowest BCUT2D eigenvalue weighted by Gasteiger charge is -2.33. The first kappa shape index (κ1) is 17.7. The minimum Gasteiger partial charge on any atom is -0.450 e. The maximum Gasteiger partial charge on any atom is 0.407 e. The first-order valence-electron chi connectivity index (χ1n) is 7.90. The van der Waals surface area contributed by atoms with E-state index in [0.717, 1.165) is 12.8 Å². The van der Waals surface area contributed by atoms with Gasteiger partial charge in [-0.3, -0.25) is 14.9 Å². The van der Waals surface area contributed by atoms with Crippen molar-refractivity contribution in [3.63, 3.8) is 0 Å². The van der Waals surface area contributed by atoms with Crippen molar-refractivity contribution in [2.45, 2.75) is 32.7 Å². The van der Waals surface area contributed by atoms with E-state index in [1.807, 2.05) is 0 Å². The highest BCUT2D eigenvalue weighted by molar-refractivity contribution is 5.95. The van der Waals surface area contributed by atoms with Crippen molar-refractivity contribution in [3.05, 3.63) is 39.4 Å². The monoisotopic (exact) mass is 335 g/mol. The molecule has 0 bridgehead atoms. The molecule has 1 aliphatic rings. The van der Waals surface area contributed by atoms with Crippen molar-refractivity contribution in [1.29, 1.82) is 0 Å². The van der Waals surface area contributed by atoms with Crippen LogP contribution in [-0.4, -0.2) is 47.6 Å². The molecule has 1 aromatic carbocycles. The molecule has 1 N–H and O–H groups in total. The standard InChI is InChI=1S/C16H21N3O5/c1-3-24-16(21)17-13-5-4-8-18(10-13)15(20)12-7-6-11(2)14(9-12)19(22)23/h6-7,9,13H,3-5,8,10H2,1-2H3,(H,17,21). The second-order valence-electron chi connectivity index (χ2n) is 5.71. The van der Waals surface area contributed by atoms with E-state index in [4.69, 9.17) is 4.74 Å². The quantitative estimate of drug-likeness (QED) is 0.671. The van der Waals surface area contributed by atoms with Crippen LogP contribution in [0.25, 0.3) is 0 Å². The third-order valence-corrected chi connectivity index (χ3v) is 3.96. The molecule has 2 amide bonds. The summed E-state index contributed by atoms with van der Waals surface area (Å²) in [5.41, 5.74) is 0.722. The van der Waals surface area contributed by atoms with Crippen LogP contribution in [0.1, 0.15) is 35.7 Å². The van der Waals surface area contributed by atoms with Crippen molar-refractivity contribution < 1.29 is 19.2 Å². The van der Waals surface area contributed by atoms with Crippen molar-refractivity contribution in [1.82, 2.24) is 10.2 Å². The Hall–Kier alpha value is -2.64. The highest BCUT2D eigenvalue weighted by atomic mass is 16.6. The fourth-order valence-electron chi connectivity index (χ4n) is 2.74. The molecule has 130 valence electrons. The van der Waals surface area contributed by atoms with E-state index in [1.54, 1.807) is 30.9 Å². The van der Waals surface area contributed by atoms with Crippen molar-refractivity contribution in [3.8, 4) is 0 Å². The fourth-order valence-corrected chi connectivity index (χ4v) is 2.74. The smallest absolute Gasteiger partial charge is 0.407 e. The van der Waals surface area contributed by atoms with Gasteiger partial charge in [0.05, 0.1) is 11.5 Å². The molecule has 1 aliphatic heterocycles. The molecule has 1 aromatic rings. The van der Waals surface area contributed by atoms with Crippen molar-refractivity contribution in [2.24, 2.45) is 0 Å². The molecule has 0 spiro atoms. The number of nitrogens with one attached hydrogen (secondary N) is 1. The van der Waals surface area contributed by atoms with Crippen LogP contribution in [0.15, 0.2) is 18.2 Å². The van der Waals surface area contributed by atoms with Gasteiger partial charge in [-0.05, 0) is 32.8 Å². The molecule has 0 aromatic heterocycles. The number of rotatable bonds is 4. The molecule has 0 aliphatic carbocycles. The number of amides is 2. The van der Waals surface area contributed by atoms with Gasteiger partial charge in [0.2, 0.25) is 0 Å². The van der Waals surface area contributed by atoms with Gasteiger partial charge >= 0.3 is 6.09 Å². The van der Waals surface area contributed by atoms with E-state index in [9.17, 15) is 19.7 Å². The van der Waals surface area contributed by atoms with Crippen LogP contribution in [0, 0.1) is 17.0 Å². The molecular formula is C16H21N3O5. The number of nitro groups is 1. The molecule has 1 heterocycles. The number of piperidine rings is 1. The largest absolute Gasteiger partial charge is 0.450 e. The van der Waals surface area contributed by atoms with E-state index < -0.39 is 11.0 Å². The number of ether oxygens (including phenoxy) is 1. The summed E-state index contributed by atoms with van der Waals surface area (Å²) in [6.07, 6.45) is 1.01. The zero-order valence-corrected chi connectivity index (χ0v) is 13.8. The van der Waals surface area contributed by atoms with E-state index in [-0.39, 0.29) is 29.8 Å².